The molecule has 1 saturated heterocycles. The number of benzene rings is 2. The number of methoxy groups -OCH3 is 2. The highest BCUT2D eigenvalue weighted by molar-refractivity contribution is 6.07. The molecule has 0 spiro atoms. The number of ketones is 1. The van der Waals surface area contributed by atoms with Crippen molar-refractivity contribution in [2.75, 3.05) is 32.2 Å². The summed E-state index contributed by atoms with van der Waals surface area (Å²) in [5, 5.41) is 0. The van der Waals surface area contributed by atoms with Gasteiger partial charge in [-0.2, -0.15) is 0 Å². The maximum atomic E-state index is 12.4. The molecule has 0 saturated carbocycles. The second-order valence-electron chi connectivity index (χ2n) is 6.05. The van der Waals surface area contributed by atoms with E-state index in [1.54, 1.807) is 26.4 Å². The zero-order valence-electron chi connectivity index (χ0n) is 14.7. The summed E-state index contributed by atoms with van der Waals surface area (Å²) in [7, 11) is 3.20. The number of carbonyl (C=O) groups excluding carboxylic acids is 1. The van der Waals surface area contributed by atoms with Gasteiger partial charge >= 0.3 is 0 Å². The Morgan fingerprint density at radius 1 is 0.960 bits per heavy atom. The van der Waals surface area contributed by atoms with Crippen molar-refractivity contribution in [1.82, 2.24) is 0 Å². The first kappa shape index (κ1) is 17.1. The minimum absolute atomic E-state index is 0.0113. The summed E-state index contributed by atoms with van der Waals surface area (Å²) in [6.07, 6.45) is 5.87. The molecular formula is C21H23NO3. The van der Waals surface area contributed by atoms with Gasteiger partial charge in [-0.05, 0) is 60.9 Å². The fourth-order valence-corrected chi connectivity index (χ4v) is 3.04. The van der Waals surface area contributed by atoms with Crippen molar-refractivity contribution < 1.29 is 14.3 Å². The quantitative estimate of drug-likeness (QED) is 0.585. The van der Waals surface area contributed by atoms with Crippen LogP contribution in [-0.4, -0.2) is 33.1 Å². The van der Waals surface area contributed by atoms with E-state index in [0.717, 1.165) is 18.7 Å². The second-order valence-corrected chi connectivity index (χ2v) is 6.05. The molecule has 2 aromatic carbocycles. The summed E-state index contributed by atoms with van der Waals surface area (Å²) in [6, 6.07) is 13.4. The Morgan fingerprint density at radius 2 is 1.64 bits per heavy atom. The van der Waals surface area contributed by atoms with E-state index in [-0.39, 0.29) is 5.78 Å². The number of nitrogens with zero attached hydrogens (tertiary/aromatic N) is 1. The van der Waals surface area contributed by atoms with Gasteiger partial charge in [-0.1, -0.05) is 12.1 Å². The molecule has 1 heterocycles. The molecule has 3 rings (SSSR count). The van der Waals surface area contributed by atoms with Gasteiger partial charge in [-0.25, -0.2) is 0 Å². The van der Waals surface area contributed by atoms with E-state index >= 15 is 0 Å². The van der Waals surface area contributed by atoms with Crippen LogP contribution in [0.3, 0.4) is 0 Å². The summed E-state index contributed by atoms with van der Waals surface area (Å²) in [5.41, 5.74) is 2.78. The lowest BCUT2D eigenvalue weighted by atomic mass is 10.1. The van der Waals surface area contributed by atoms with E-state index in [0.29, 0.717) is 17.1 Å². The molecule has 0 N–H and O–H groups in total. The van der Waals surface area contributed by atoms with Crippen LogP contribution in [-0.2, 0) is 0 Å². The SMILES string of the molecule is COc1ccc(/C=C/C(=O)c2ccc(N3CCCC3)cc2)cc1OC. The van der Waals surface area contributed by atoms with Crippen molar-refractivity contribution in [3.63, 3.8) is 0 Å². The molecule has 0 amide bonds. The molecule has 130 valence electrons. The highest BCUT2D eigenvalue weighted by Crippen LogP contribution is 2.28. The Balaban J connectivity index is 1.70. The lowest BCUT2D eigenvalue weighted by Gasteiger charge is -2.17. The third-order valence-corrected chi connectivity index (χ3v) is 4.46. The average Bonchev–Trinajstić information content (AvgIpc) is 3.20. The van der Waals surface area contributed by atoms with Gasteiger partial charge in [0.1, 0.15) is 0 Å². The highest BCUT2D eigenvalue weighted by Gasteiger charge is 2.12. The standard InChI is InChI=1S/C21H23NO3/c1-24-20-12-6-16(15-21(20)25-2)5-11-19(23)17-7-9-18(10-8-17)22-13-3-4-14-22/h5-12,15H,3-4,13-14H2,1-2H3/b11-5+. The van der Waals surface area contributed by atoms with Crippen LogP contribution in [0.25, 0.3) is 6.08 Å². The van der Waals surface area contributed by atoms with Crippen molar-refractivity contribution in [1.29, 1.82) is 0 Å². The summed E-state index contributed by atoms with van der Waals surface area (Å²) in [5.74, 6) is 1.30. The van der Waals surface area contributed by atoms with Crippen LogP contribution in [0.4, 0.5) is 5.69 Å². The normalized spacial score (nSPS) is 14.1. The van der Waals surface area contributed by atoms with Crippen molar-refractivity contribution in [3.05, 3.63) is 59.7 Å². The van der Waals surface area contributed by atoms with Crippen LogP contribution >= 0.6 is 0 Å². The Kier molecular flexibility index (Phi) is 5.39. The predicted octanol–water partition coefficient (Wildman–Crippen LogP) is 4.20. The molecule has 25 heavy (non-hydrogen) atoms. The van der Waals surface area contributed by atoms with Crippen LogP contribution in [0.2, 0.25) is 0 Å². The van der Waals surface area contributed by atoms with Crippen molar-refractivity contribution >= 4 is 17.5 Å². The summed E-state index contributed by atoms with van der Waals surface area (Å²) in [4.78, 5) is 14.7. The molecule has 0 bridgehead atoms. The van der Waals surface area contributed by atoms with Gasteiger partial charge in [0.2, 0.25) is 0 Å². The Labute approximate surface area is 148 Å². The number of rotatable bonds is 6. The fourth-order valence-electron chi connectivity index (χ4n) is 3.04. The van der Waals surface area contributed by atoms with Gasteiger partial charge in [0.15, 0.2) is 17.3 Å². The second kappa shape index (κ2) is 7.88. The van der Waals surface area contributed by atoms with E-state index in [1.165, 1.54) is 18.5 Å². The van der Waals surface area contributed by atoms with Crippen LogP contribution in [0.5, 0.6) is 11.5 Å². The third kappa shape index (κ3) is 4.02. The molecule has 1 fully saturated rings. The largest absolute Gasteiger partial charge is 0.493 e. The third-order valence-electron chi connectivity index (χ3n) is 4.46. The zero-order valence-corrected chi connectivity index (χ0v) is 14.7. The monoisotopic (exact) mass is 337 g/mol. The van der Waals surface area contributed by atoms with E-state index in [4.69, 9.17) is 9.47 Å². The van der Waals surface area contributed by atoms with Gasteiger partial charge in [0.25, 0.3) is 0 Å². The average molecular weight is 337 g/mol. The Bertz CT molecular complexity index is 759. The number of hydrogen-bond donors (Lipinski definition) is 0. The van der Waals surface area contributed by atoms with Gasteiger partial charge in [-0.15, -0.1) is 0 Å². The molecule has 0 aromatic heterocycles. The molecule has 4 heteroatoms. The summed E-state index contributed by atoms with van der Waals surface area (Å²) in [6.45, 7) is 2.21. The highest BCUT2D eigenvalue weighted by atomic mass is 16.5. The lowest BCUT2D eigenvalue weighted by molar-refractivity contribution is 0.104. The van der Waals surface area contributed by atoms with Gasteiger partial charge < -0.3 is 14.4 Å². The zero-order chi connectivity index (χ0) is 17.6. The molecule has 0 aliphatic carbocycles. The van der Waals surface area contributed by atoms with Gasteiger partial charge in [0, 0.05) is 24.3 Å². The molecule has 2 aromatic rings. The van der Waals surface area contributed by atoms with Gasteiger partial charge in [-0.3, -0.25) is 4.79 Å². The molecule has 0 unspecified atom stereocenters. The molecule has 0 radical (unpaired) electrons. The molecular weight excluding hydrogens is 314 g/mol. The van der Waals surface area contributed by atoms with E-state index in [2.05, 4.69) is 4.90 Å². The first-order valence-electron chi connectivity index (χ1n) is 8.51. The number of carbonyl (C=O) groups is 1. The number of anilines is 1. The van der Waals surface area contributed by atoms with Crippen molar-refractivity contribution in [3.8, 4) is 11.5 Å². The number of allylic oxidation sites excluding steroid dienone is 1. The van der Waals surface area contributed by atoms with E-state index in [9.17, 15) is 4.79 Å². The summed E-state index contributed by atoms with van der Waals surface area (Å²) < 4.78 is 10.5. The van der Waals surface area contributed by atoms with Crippen LogP contribution in [0.1, 0.15) is 28.8 Å². The summed E-state index contributed by atoms with van der Waals surface area (Å²) >= 11 is 0. The first-order chi connectivity index (χ1) is 12.2. The topological polar surface area (TPSA) is 38.8 Å². The molecule has 4 nitrogen and oxygen atoms in total. The van der Waals surface area contributed by atoms with Crippen molar-refractivity contribution in [2.24, 2.45) is 0 Å². The molecule has 0 atom stereocenters. The van der Waals surface area contributed by atoms with Crippen LogP contribution in [0.15, 0.2) is 48.5 Å². The predicted molar refractivity (Wildman–Crippen MR) is 101 cm³/mol. The first-order valence-corrected chi connectivity index (χ1v) is 8.51. The van der Waals surface area contributed by atoms with Crippen molar-refractivity contribution in [2.45, 2.75) is 12.8 Å². The van der Waals surface area contributed by atoms with Crippen LogP contribution < -0.4 is 14.4 Å². The Morgan fingerprint density at radius 3 is 2.28 bits per heavy atom. The molecule has 1 aliphatic rings. The number of hydrogen-bond acceptors (Lipinski definition) is 4. The van der Waals surface area contributed by atoms with Crippen LogP contribution in [0, 0.1) is 0 Å². The Hall–Kier alpha value is -2.75. The maximum absolute atomic E-state index is 12.4. The fraction of sp³-hybridized carbons (Fsp3) is 0.286. The number of ether oxygens (including phenoxy) is 2. The smallest absolute Gasteiger partial charge is 0.185 e. The minimum Gasteiger partial charge on any atom is -0.493 e. The maximum Gasteiger partial charge on any atom is 0.185 e. The lowest BCUT2D eigenvalue weighted by Crippen LogP contribution is -2.17. The van der Waals surface area contributed by atoms with Gasteiger partial charge in [0.05, 0.1) is 14.2 Å². The minimum atomic E-state index is -0.0113. The van der Waals surface area contributed by atoms with E-state index in [1.807, 2.05) is 42.5 Å². The molecule has 1 aliphatic heterocycles. The van der Waals surface area contributed by atoms with E-state index < -0.39 is 0 Å².